The van der Waals surface area contributed by atoms with Crippen molar-refractivity contribution in [3.63, 3.8) is 0 Å². The van der Waals surface area contributed by atoms with Crippen LogP contribution >= 0.6 is 0 Å². The minimum atomic E-state index is -1.06. The Morgan fingerprint density at radius 2 is 1.31 bits per heavy atom. The van der Waals surface area contributed by atoms with Gasteiger partial charge >= 0.3 is 5.97 Å². The Bertz CT molecular complexity index is 1190. The summed E-state index contributed by atoms with van der Waals surface area (Å²) in [7, 11) is 4.65. The van der Waals surface area contributed by atoms with Crippen molar-refractivity contribution in [3.8, 4) is 28.7 Å². The summed E-state index contributed by atoms with van der Waals surface area (Å²) in [6, 6.07) is 17.0. The van der Waals surface area contributed by atoms with Gasteiger partial charge in [0.05, 0.1) is 21.3 Å². The Kier molecular flexibility index (Phi) is 9.59. The third kappa shape index (κ3) is 7.16. The summed E-state index contributed by atoms with van der Waals surface area (Å²) in [5.41, 5.74) is 9.24. The Morgan fingerprint density at radius 3 is 1.86 bits per heavy atom. The first kappa shape index (κ1) is 26.4. The van der Waals surface area contributed by atoms with Gasteiger partial charge in [-0.1, -0.05) is 30.3 Å². The molecule has 36 heavy (non-hydrogen) atoms. The zero-order valence-electron chi connectivity index (χ0n) is 20.7. The molecule has 3 N–H and O–H groups in total. The van der Waals surface area contributed by atoms with Crippen molar-refractivity contribution in [3.05, 3.63) is 82.9 Å². The molecule has 8 nitrogen and oxygen atoms in total. The molecule has 0 radical (unpaired) electrons. The molecule has 0 aliphatic heterocycles. The normalized spacial score (nSPS) is 10.8. The van der Waals surface area contributed by atoms with Crippen LogP contribution in [-0.2, 0) is 24.4 Å². The Hall–Kier alpha value is -4.17. The van der Waals surface area contributed by atoms with Gasteiger partial charge in [-0.25, -0.2) is 4.79 Å². The lowest BCUT2D eigenvalue weighted by atomic mass is 10.1. The molecule has 3 aromatic rings. The van der Waals surface area contributed by atoms with Crippen LogP contribution in [0.1, 0.15) is 22.3 Å². The maximum Gasteiger partial charge on any atom is 0.328 e. The van der Waals surface area contributed by atoms with Crippen molar-refractivity contribution in [2.45, 2.75) is 19.6 Å². The van der Waals surface area contributed by atoms with Gasteiger partial charge in [0.15, 0.2) is 23.0 Å². The van der Waals surface area contributed by atoms with E-state index < -0.39 is 5.97 Å². The molecule has 0 atom stereocenters. The first-order valence-corrected chi connectivity index (χ1v) is 11.3. The second kappa shape index (κ2) is 13.1. The van der Waals surface area contributed by atoms with Gasteiger partial charge < -0.3 is 34.5 Å². The lowest BCUT2D eigenvalue weighted by molar-refractivity contribution is -0.131. The minimum absolute atomic E-state index is 0.277. The van der Waals surface area contributed by atoms with Crippen LogP contribution in [0.15, 0.2) is 60.7 Å². The molecule has 0 aromatic heterocycles. The van der Waals surface area contributed by atoms with Crippen molar-refractivity contribution >= 4 is 12.0 Å². The molecule has 0 amide bonds. The summed E-state index contributed by atoms with van der Waals surface area (Å²) in [5.74, 6) is 1.72. The van der Waals surface area contributed by atoms with E-state index in [1.165, 1.54) is 20.3 Å². The summed E-state index contributed by atoms with van der Waals surface area (Å²) in [4.78, 5) is 11.0. The zero-order valence-corrected chi connectivity index (χ0v) is 20.7. The Balaban J connectivity index is 1.68. The van der Waals surface area contributed by atoms with E-state index in [1.807, 2.05) is 42.5 Å². The van der Waals surface area contributed by atoms with Crippen molar-refractivity contribution in [1.29, 1.82) is 0 Å². The molecule has 0 saturated carbocycles. The Morgan fingerprint density at radius 1 is 0.750 bits per heavy atom. The molecular formula is C28H31NO7. The van der Waals surface area contributed by atoms with Gasteiger partial charge in [0.1, 0.15) is 19.0 Å². The monoisotopic (exact) mass is 493 g/mol. The summed E-state index contributed by atoms with van der Waals surface area (Å²) in [6.45, 7) is 1.22. The molecule has 0 unspecified atom stereocenters. The molecule has 0 spiro atoms. The van der Waals surface area contributed by atoms with Crippen molar-refractivity contribution < 1.29 is 33.6 Å². The van der Waals surface area contributed by atoms with E-state index in [0.29, 0.717) is 47.5 Å². The molecule has 0 aliphatic rings. The second-order valence-electron chi connectivity index (χ2n) is 7.83. The first-order valence-electron chi connectivity index (χ1n) is 11.3. The molecule has 8 heteroatoms. The smallest absolute Gasteiger partial charge is 0.328 e. The number of hydrogen-bond acceptors (Lipinski definition) is 7. The largest absolute Gasteiger partial charge is 0.493 e. The lowest BCUT2D eigenvalue weighted by Gasteiger charge is -2.15. The number of aliphatic carboxylic acids is 1. The second-order valence-corrected chi connectivity index (χ2v) is 7.83. The zero-order chi connectivity index (χ0) is 25.9. The predicted molar refractivity (Wildman–Crippen MR) is 137 cm³/mol. The van der Waals surface area contributed by atoms with Gasteiger partial charge in [-0.2, -0.15) is 0 Å². The third-order valence-corrected chi connectivity index (χ3v) is 5.39. The number of carboxylic acids is 1. The van der Waals surface area contributed by atoms with Gasteiger partial charge in [0.25, 0.3) is 0 Å². The number of hydrogen-bond donors (Lipinski definition) is 2. The van der Waals surface area contributed by atoms with E-state index >= 15 is 0 Å². The van der Waals surface area contributed by atoms with Gasteiger partial charge in [-0.3, -0.25) is 0 Å². The molecule has 0 heterocycles. The van der Waals surface area contributed by atoms with E-state index in [4.69, 9.17) is 34.5 Å². The highest BCUT2D eigenvalue weighted by atomic mass is 16.5. The number of carbonyl (C=O) groups is 1. The molecular weight excluding hydrogens is 462 g/mol. The highest BCUT2D eigenvalue weighted by molar-refractivity contribution is 5.86. The fraction of sp³-hybridized carbons (Fsp3) is 0.250. The van der Waals surface area contributed by atoms with Crippen LogP contribution in [0, 0.1) is 0 Å². The van der Waals surface area contributed by atoms with Gasteiger partial charge in [0, 0.05) is 17.7 Å². The molecule has 0 fully saturated rings. The molecule has 0 aliphatic carbocycles. The Labute approximate surface area is 210 Å². The van der Waals surface area contributed by atoms with E-state index in [0.717, 1.165) is 29.2 Å². The number of rotatable bonds is 13. The number of benzene rings is 3. The maximum absolute atomic E-state index is 11.0. The highest BCUT2D eigenvalue weighted by Gasteiger charge is 2.12. The van der Waals surface area contributed by atoms with Crippen LogP contribution in [0.25, 0.3) is 6.08 Å². The van der Waals surface area contributed by atoms with Crippen molar-refractivity contribution in [2.24, 2.45) is 5.73 Å². The SMILES string of the molecule is COc1cc(/C=C/C(=O)O)c(OCc2ccc(COc3cc(CCN)ccc3OC)cc2)cc1OC. The quantitative estimate of drug-likeness (QED) is 0.336. The van der Waals surface area contributed by atoms with Crippen LogP contribution in [-0.4, -0.2) is 38.9 Å². The minimum Gasteiger partial charge on any atom is -0.493 e. The molecule has 3 aromatic carbocycles. The lowest BCUT2D eigenvalue weighted by Crippen LogP contribution is -2.04. The summed E-state index contributed by atoms with van der Waals surface area (Å²) in [6.07, 6.45) is 3.27. The topological polar surface area (TPSA) is 109 Å². The fourth-order valence-electron chi connectivity index (χ4n) is 3.50. The van der Waals surface area contributed by atoms with E-state index in [-0.39, 0.29) is 6.61 Å². The maximum atomic E-state index is 11.0. The fourth-order valence-corrected chi connectivity index (χ4v) is 3.50. The third-order valence-electron chi connectivity index (χ3n) is 5.39. The summed E-state index contributed by atoms with van der Waals surface area (Å²) in [5, 5.41) is 9.00. The van der Waals surface area contributed by atoms with Crippen LogP contribution < -0.4 is 29.4 Å². The summed E-state index contributed by atoms with van der Waals surface area (Å²) >= 11 is 0. The van der Waals surface area contributed by atoms with E-state index in [2.05, 4.69) is 0 Å². The van der Waals surface area contributed by atoms with E-state index in [9.17, 15) is 4.79 Å². The molecule has 0 bridgehead atoms. The van der Waals surface area contributed by atoms with Crippen LogP contribution in [0.3, 0.4) is 0 Å². The standard InChI is InChI=1S/C28H31NO7/c1-32-23-10-8-19(12-13-29)14-27(23)36-18-21-6-4-20(5-7-21)17-35-24-16-26(34-3)25(33-2)15-22(24)9-11-28(30)31/h4-11,14-16H,12-13,17-18,29H2,1-3H3,(H,30,31)/b11-9+. The number of nitrogens with two attached hydrogens (primary N) is 1. The average molecular weight is 494 g/mol. The molecule has 0 saturated heterocycles. The van der Waals surface area contributed by atoms with Crippen LogP contribution in [0.4, 0.5) is 0 Å². The van der Waals surface area contributed by atoms with E-state index in [1.54, 1.807) is 19.2 Å². The molecule has 3 rings (SSSR count). The van der Waals surface area contributed by atoms with Crippen LogP contribution in [0.2, 0.25) is 0 Å². The number of ether oxygens (including phenoxy) is 5. The molecule has 190 valence electrons. The first-order chi connectivity index (χ1) is 17.5. The van der Waals surface area contributed by atoms with Crippen LogP contribution in [0.5, 0.6) is 28.7 Å². The van der Waals surface area contributed by atoms with Gasteiger partial charge in [-0.05, 0) is 53.9 Å². The number of carboxylic acid groups (broad SMARTS) is 1. The summed E-state index contributed by atoms with van der Waals surface area (Å²) < 4.78 is 28.1. The highest BCUT2D eigenvalue weighted by Crippen LogP contribution is 2.36. The van der Waals surface area contributed by atoms with Crippen molar-refractivity contribution in [1.82, 2.24) is 0 Å². The van der Waals surface area contributed by atoms with Gasteiger partial charge in [-0.15, -0.1) is 0 Å². The average Bonchev–Trinajstić information content (AvgIpc) is 2.90. The van der Waals surface area contributed by atoms with Crippen molar-refractivity contribution in [2.75, 3.05) is 27.9 Å². The predicted octanol–water partition coefficient (Wildman–Crippen LogP) is 4.47. The van der Waals surface area contributed by atoms with Gasteiger partial charge in [0.2, 0.25) is 0 Å². The number of methoxy groups -OCH3 is 3.